The van der Waals surface area contributed by atoms with E-state index in [4.69, 9.17) is 23.2 Å². The second kappa shape index (κ2) is 9.50. The van der Waals surface area contributed by atoms with Gasteiger partial charge in [0.15, 0.2) is 0 Å². The number of anilines is 1. The topological polar surface area (TPSA) is 29.1 Å². The van der Waals surface area contributed by atoms with E-state index in [-0.39, 0.29) is 0 Å². The van der Waals surface area contributed by atoms with E-state index in [1.807, 2.05) is 92.7 Å². The highest BCUT2D eigenvalue weighted by Crippen LogP contribution is 2.54. The first-order valence-electron chi connectivity index (χ1n) is 9.19. The summed E-state index contributed by atoms with van der Waals surface area (Å²) in [4.78, 5) is 0. The molecule has 0 saturated heterocycles. The van der Waals surface area contributed by atoms with Crippen LogP contribution < -0.4 is 5.09 Å². The molecule has 3 aromatic carbocycles. The van der Waals surface area contributed by atoms with E-state index >= 15 is 0 Å². The van der Waals surface area contributed by atoms with Crippen LogP contribution >= 0.6 is 30.5 Å². The molecule has 0 heterocycles. The van der Waals surface area contributed by atoms with Gasteiger partial charge in [0.1, 0.15) is 0 Å². The first kappa shape index (κ1) is 21.5. The average Bonchev–Trinajstić information content (AvgIpc) is 2.71. The van der Waals surface area contributed by atoms with Crippen molar-refractivity contribution in [1.29, 1.82) is 0 Å². The molecule has 1 unspecified atom stereocenters. The van der Waals surface area contributed by atoms with Crippen LogP contribution in [0.15, 0.2) is 90.5 Å². The summed E-state index contributed by atoms with van der Waals surface area (Å²) in [6.07, 6.45) is 0. The van der Waals surface area contributed by atoms with Gasteiger partial charge in [0.2, 0.25) is 7.29 Å². The molecule has 0 aliphatic carbocycles. The lowest BCUT2D eigenvalue weighted by Gasteiger charge is -2.18. The fraction of sp³-hybridized carbons (Fsp3) is 0.0833. The maximum absolute atomic E-state index is 14.0. The quantitative estimate of drug-likeness (QED) is 0.388. The van der Waals surface area contributed by atoms with E-state index in [1.54, 1.807) is 11.6 Å². The van der Waals surface area contributed by atoms with Gasteiger partial charge in [-0.3, -0.25) is 4.57 Å². The molecule has 0 bridgehead atoms. The Kier molecular flexibility index (Phi) is 7.03. The van der Waals surface area contributed by atoms with Crippen LogP contribution in [0.4, 0.5) is 5.69 Å². The van der Waals surface area contributed by atoms with Gasteiger partial charge in [-0.05, 0) is 36.6 Å². The van der Waals surface area contributed by atoms with Crippen molar-refractivity contribution in [3.8, 4) is 0 Å². The van der Waals surface area contributed by atoms with Crippen molar-refractivity contribution >= 4 is 46.2 Å². The van der Waals surface area contributed by atoms with Gasteiger partial charge in [0.05, 0.1) is 10.1 Å². The van der Waals surface area contributed by atoms with Gasteiger partial charge >= 0.3 is 0 Å². The third kappa shape index (κ3) is 5.87. The third-order valence-corrected chi connectivity index (χ3v) is 7.22. The summed E-state index contributed by atoms with van der Waals surface area (Å²) in [7, 11) is -3.26. The number of aryl methyl sites for hydroxylation is 2. The van der Waals surface area contributed by atoms with E-state index in [0.29, 0.717) is 10.1 Å². The van der Waals surface area contributed by atoms with Crippen molar-refractivity contribution in [2.45, 2.75) is 13.8 Å². The normalized spacial score (nSPS) is 14.3. The number of hydrogen-bond acceptors (Lipinski definition) is 1. The summed E-state index contributed by atoms with van der Waals surface area (Å²) in [5, 5.41) is 3.99. The number of halogens is 2. The lowest BCUT2D eigenvalue weighted by Crippen LogP contribution is -1.96. The molecule has 0 amide bonds. The molecule has 0 radical (unpaired) electrons. The first-order valence-corrected chi connectivity index (χ1v) is 11.8. The van der Waals surface area contributed by atoms with Crippen molar-refractivity contribution in [1.82, 2.24) is 0 Å². The maximum Gasteiger partial charge on any atom is 0.216 e. The van der Waals surface area contributed by atoms with E-state index < -0.39 is 7.29 Å². The Morgan fingerprint density at radius 3 is 1.72 bits per heavy atom. The second-order valence-corrected chi connectivity index (χ2v) is 9.80. The van der Waals surface area contributed by atoms with Gasteiger partial charge in [0, 0.05) is 17.3 Å². The summed E-state index contributed by atoms with van der Waals surface area (Å²) < 4.78 is 14.0. The summed E-state index contributed by atoms with van der Waals surface area (Å²) >= 11 is 13.1. The minimum absolute atomic E-state index is 0.403. The van der Waals surface area contributed by atoms with E-state index in [9.17, 15) is 4.57 Å². The highest BCUT2D eigenvalue weighted by atomic mass is 35.5. The zero-order valence-electron chi connectivity index (χ0n) is 16.3. The number of nitrogens with one attached hydrogen (secondary N) is 1. The SMILES string of the molecule is Cc1ccc(NP(=O)(C=C(Cl)c2ccccc2)/C=C(\Cl)c2ccccc2)c(C)c1. The van der Waals surface area contributed by atoms with Crippen molar-refractivity contribution in [2.75, 3.05) is 5.09 Å². The van der Waals surface area contributed by atoms with Gasteiger partial charge in [-0.2, -0.15) is 0 Å². The minimum atomic E-state index is -3.26. The first-order chi connectivity index (χ1) is 13.9. The predicted molar refractivity (Wildman–Crippen MR) is 128 cm³/mol. The molecule has 1 atom stereocenters. The zero-order chi connectivity index (χ0) is 20.9. The average molecular weight is 442 g/mol. The van der Waals surface area contributed by atoms with Crippen molar-refractivity contribution in [3.63, 3.8) is 0 Å². The molecule has 0 spiro atoms. The monoisotopic (exact) mass is 441 g/mol. The van der Waals surface area contributed by atoms with E-state index in [2.05, 4.69) is 5.09 Å². The van der Waals surface area contributed by atoms with Crippen LogP contribution in [-0.4, -0.2) is 0 Å². The Labute approximate surface area is 182 Å². The van der Waals surface area contributed by atoms with Gasteiger partial charge in [-0.15, -0.1) is 0 Å². The van der Waals surface area contributed by atoms with Crippen LogP contribution in [0.1, 0.15) is 22.3 Å². The highest BCUT2D eigenvalue weighted by molar-refractivity contribution is 7.72. The lowest BCUT2D eigenvalue weighted by atomic mass is 10.1. The van der Waals surface area contributed by atoms with Gasteiger partial charge in [-0.1, -0.05) is 102 Å². The van der Waals surface area contributed by atoms with Gasteiger partial charge < -0.3 is 5.09 Å². The van der Waals surface area contributed by atoms with Crippen LogP contribution in [0.2, 0.25) is 0 Å². The Hall–Kier alpha value is -2.25. The van der Waals surface area contributed by atoms with E-state index in [1.165, 1.54) is 0 Å². The number of hydrogen-bond donors (Lipinski definition) is 1. The van der Waals surface area contributed by atoms with E-state index in [0.717, 1.165) is 27.9 Å². The van der Waals surface area contributed by atoms with Crippen molar-refractivity contribution in [2.24, 2.45) is 0 Å². The fourth-order valence-corrected chi connectivity index (χ4v) is 5.83. The number of rotatable bonds is 6. The molecule has 3 aromatic rings. The minimum Gasteiger partial charge on any atom is -0.330 e. The standard InChI is InChI=1S/C24H22Cl2NOP/c1-18-13-14-24(19(2)15-18)27-29(28,16-22(25)20-9-5-3-6-10-20)17-23(26)21-11-7-4-8-12-21/h3-17H,1-2H3,(H,27,28)/b22-16-,23-17?. The molecule has 5 heteroatoms. The Morgan fingerprint density at radius 1 is 0.793 bits per heavy atom. The molecule has 1 N–H and O–H groups in total. The largest absolute Gasteiger partial charge is 0.330 e. The lowest BCUT2D eigenvalue weighted by molar-refractivity contribution is 0.589. The molecule has 0 aliphatic heterocycles. The molecule has 0 fully saturated rings. The number of benzene rings is 3. The fourth-order valence-electron chi connectivity index (χ4n) is 2.91. The molecular weight excluding hydrogens is 420 g/mol. The van der Waals surface area contributed by atoms with Crippen LogP contribution in [0.5, 0.6) is 0 Å². The molecule has 148 valence electrons. The van der Waals surface area contributed by atoms with Crippen molar-refractivity contribution < 1.29 is 4.57 Å². The van der Waals surface area contributed by atoms with Crippen LogP contribution in [0.25, 0.3) is 10.1 Å². The molecule has 2 nitrogen and oxygen atoms in total. The Morgan fingerprint density at radius 2 is 1.28 bits per heavy atom. The van der Waals surface area contributed by atoms with Gasteiger partial charge in [-0.25, -0.2) is 0 Å². The molecule has 0 aromatic heterocycles. The Balaban J connectivity index is 2.06. The van der Waals surface area contributed by atoms with Crippen LogP contribution in [-0.2, 0) is 4.57 Å². The molecule has 0 aliphatic rings. The summed E-state index contributed by atoms with van der Waals surface area (Å²) in [5.74, 6) is 3.13. The molecule has 3 rings (SSSR count). The maximum atomic E-state index is 14.0. The predicted octanol–water partition coefficient (Wildman–Crippen LogP) is 8.47. The smallest absolute Gasteiger partial charge is 0.216 e. The Bertz CT molecular complexity index is 1030. The zero-order valence-corrected chi connectivity index (χ0v) is 18.7. The van der Waals surface area contributed by atoms with Crippen LogP contribution in [0.3, 0.4) is 0 Å². The molecule has 0 saturated carbocycles. The summed E-state index contributed by atoms with van der Waals surface area (Å²) in [6.45, 7) is 4.00. The van der Waals surface area contributed by atoms with Gasteiger partial charge in [0.25, 0.3) is 0 Å². The van der Waals surface area contributed by atoms with Crippen LogP contribution in [0, 0.1) is 13.8 Å². The summed E-state index contributed by atoms with van der Waals surface area (Å²) in [5.41, 5.74) is 4.50. The third-order valence-electron chi connectivity index (χ3n) is 4.39. The van der Waals surface area contributed by atoms with Crippen molar-refractivity contribution in [3.05, 3.63) is 113 Å². The highest BCUT2D eigenvalue weighted by Gasteiger charge is 2.20. The molecule has 29 heavy (non-hydrogen) atoms. The second-order valence-electron chi connectivity index (χ2n) is 6.83. The summed E-state index contributed by atoms with van der Waals surface area (Å²) in [6, 6.07) is 24.8. The molecular formula is C24H22Cl2NOP.